The Bertz CT molecular complexity index is 638. The van der Waals surface area contributed by atoms with Crippen molar-refractivity contribution in [3.63, 3.8) is 0 Å². The third-order valence-corrected chi connectivity index (χ3v) is 5.10. The summed E-state index contributed by atoms with van der Waals surface area (Å²) in [6.45, 7) is -0.0705. The van der Waals surface area contributed by atoms with Gasteiger partial charge in [-0.2, -0.15) is 0 Å². The molecule has 142 valence electrons. The van der Waals surface area contributed by atoms with Crippen LogP contribution in [0.3, 0.4) is 0 Å². The third-order valence-electron chi connectivity index (χ3n) is 5.10. The Morgan fingerprint density at radius 3 is 2.35 bits per heavy atom. The van der Waals surface area contributed by atoms with E-state index >= 15 is 0 Å². The van der Waals surface area contributed by atoms with Gasteiger partial charge in [-0.1, -0.05) is 25.7 Å². The average molecular weight is 362 g/mol. The molecule has 1 spiro atoms. The van der Waals surface area contributed by atoms with Crippen LogP contribution >= 0.6 is 0 Å². The Morgan fingerprint density at radius 1 is 1.12 bits per heavy atom. The minimum Gasteiger partial charge on any atom is -0.497 e. The highest BCUT2D eigenvalue weighted by atomic mass is 16.5. The Hall–Kier alpha value is -2.28. The van der Waals surface area contributed by atoms with E-state index in [4.69, 9.17) is 9.47 Å². The Labute approximate surface area is 153 Å². The van der Waals surface area contributed by atoms with Crippen molar-refractivity contribution in [1.29, 1.82) is 0 Å². The lowest BCUT2D eigenvalue weighted by molar-refractivity contribution is -0.132. The third kappa shape index (κ3) is 3.93. The number of methoxy groups -OCH3 is 1. The number of β-amino-alcohol motifs (C(OH)–C–C–N with tert-alkyl or cyclic N) is 1. The van der Waals surface area contributed by atoms with Gasteiger partial charge in [0, 0.05) is 0 Å². The number of hydrogen-bond acceptors (Lipinski definition) is 5. The summed E-state index contributed by atoms with van der Waals surface area (Å²) in [4.78, 5) is 26.2. The zero-order chi connectivity index (χ0) is 18.6. The van der Waals surface area contributed by atoms with Crippen molar-refractivity contribution in [2.45, 2.75) is 50.2 Å². The largest absolute Gasteiger partial charge is 0.497 e. The van der Waals surface area contributed by atoms with Crippen LogP contribution < -0.4 is 14.8 Å². The highest BCUT2D eigenvalue weighted by Crippen LogP contribution is 2.32. The van der Waals surface area contributed by atoms with E-state index in [1.165, 1.54) is 0 Å². The number of carbonyl (C=O) groups is 2. The standard InChI is InChI=1S/C19H26N2O5/c1-25-15-6-8-16(9-7-15)26-13-14(22)12-21-17(23)19(20-18(21)24)10-4-2-3-5-11-19/h6-9,14,22H,2-5,10-13H2,1H3,(H,20,24). The van der Waals surface area contributed by atoms with Gasteiger partial charge >= 0.3 is 6.03 Å². The molecule has 1 aliphatic carbocycles. The predicted octanol–water partition coefficient (Wildman–Crippen LogP) is 2.08. The van der Waals surface area contributed by atoms with E-state index in [0.29, 0.717) is 24.3 Å². The minimum absolute atomic E-state index is 0.00358. The second-order valence-electron chi connectivity index (χ2n) is 6.98. The number of nitrogens with zero attached hydrogens (tertiary/aromatic N) is 1. The van der Waals surface area contributed by atoms with Crippen molar-refractivity contribution in [1.82, 2.24) is 10.2 Å². The van der Waals surface area contributed by atoms with Gasteiger partial charge in [0.05, 0.1) is 13.7 Å². The van der Waals surface area contributed by atoms with E-state index in [1.54, 1.807) is 31.4 Å². The van der Waals surface area contributed by atoms with E-state index < -0.39 is 17.7 Å². The maximum atomic E-state index is 12.8. The Balaban J connectivity index is 1.55. The molecule has 0 aromatic heterocycles. The number of rotatable bonds is 6. The summed E-state index contributed by atoms with van der Waals surface area (Å²) >= 11 is 0. The van der Waals surface area contributed by atoms with Gasteiger partial charge in [0.25, 0.3) is 5.91 Å². The number of nitrogens with one attached hydrogen (secondary N) is 1. The quantitative estimate of drug-likeness (QED) is 0.757. The van der Waals surface area contributed by atoms with Crippen molar-refractivity contribution in [2.24, 2.45) is 0 Å². The normalized spacial score (nSPS) is 20.6. The summed E-state index contributed by atoms with van der Waals surface area (Å²) < 4.78 is 10.6. The molecule has 7 nitrogen and oxygen atoms in total. The molecule has 1 saturated carbocycles. The molecule has 3 amide bonds. The van der Waals surface area contributed by atoms with E-state index in [2.05, 4.69) is 5.32 Å². The van der Waals surface area contributed by atoms with Gasteiger partial charge in [-0.3, -0.25) is 9.69 Å². The van der Waals surface area contributed by atoms with E-state index in [0.717, 1.165) is 30.6 Å². The molecule has 1 aliphatic heterocycles. The van der Waals surface area contributed by atoms with Crippen molar-refractivity contribution in [2.75, 3.05) is 20.3 Å². The second-order valence-corrected chi connectivity index (χ2v) is 6.98. The first-order valence-corrected chi connectivity index (χ1v) is 9.13. The van der Waals surface area contributed by atoms with Crippen LogP contribution in [0.2, 0.25) is 0 Å². The lowest BCUT2D eigenvalue weighted by atomic mass is 9.90. The molecule has 1 aromatic rings. The number of aliphatic hydroxyl groups is 1. The van der Waals surface area contributed by atoms with Gasteiger partial charge in [-0.25, -0.2) is 4.79 Å². The fourth-order valence-corrected chi connectivity index (χ4v) is 3.64. The van der Waals surface area contributed by atoms with Crippen LogP contribution in [0.25, 0.3) is 0 Å². The first-order valence-electron chi connectivity index (χ1n) is 9.13. The molecular formula is C19H26N2O5. The van der Waals surface area contributed by atoms with Crippen molar-refractivity contribution in [3.8, 4) is 11.5 Å². The number of ether oxygens (including phenoxy) is 2. The smallest absolute Gasteiger partial charge is 0.325 e. The van der Waals surface area contributed by atoms with Crippen LogP contribution in [0.15, 0.2) is 24.3 Å². The lowest BCUT2D eigenvalue weighted by Gasteiger charge is -2.25. The molecule has 2 aliphatic rings. The van der Waals surface area contributed by atoms with Crippen LogP contribution in [0.1, 0.15) is 38.5 Å². The summed E-state index contributed by atoms with van der Waals surface area (Å²) in [5.74, 6) is 1.08. The number of carbonyl (C=O) groups excluding carboxylic acids is 2. The zero-order valence-corrected chi connectivity index (χ0v) is 15.1. The molecule has 1 aromatic carbocycles. The van der Waals surface area contributed by atoms with E-state index in [1.807, 2.05) is 0 Å². The summed E-state index contributed by atoms with van der Waals surface area (Å²) in [5, 5.41) is 13.1. The van der Waals surface area contributed by atoms with Gasteiger partial charge in [0.1, 0.15) is 29.7 Å². The van der Waals surface area contributed by atoms with Gasteiger partial charge in [-0.15, -0.1) is 0 Å². The molecule has 0 radical (unpaired) electrons. The number of imide groups is 1. The molecular weight excluding hydrogens is 336 g/mol. The highest BCUT2D eigenvalue weighted by Gasteiger charge is 2.50. The molecule has 1 unspecified atom stereocenters. The fourth-order valence-electron chi connectivity index (χ4n) is 3.64. The van der Waals surface area contributed by atoms with Crippen LogP contribution in [0, 0.1) is 0 Å². The van der Waals surface area contributed by atoms with E-state index in [-0.39, 0.29) is 19.1 Å². The maximum absolute atomic E-state index is 12.8. The van der Waals surface area contributed by atoms with E-state index in [9.17, 15) is 14.7 Å². The fraction of sp³-hybridized carbons (Fsp3) is 0.579. The number of benzene rings is 1. The van der Waals surface area contributed by atoms with Crippen molar-refractivity contribution >= 4 is 11.9 Å². The zero-order valence-electron chi connectivity index (χ0n) is 15.1. The number of hydrogen-bond donors (Lipinski definition) is 2. The highest BCUT2D eigenvalue weighted by molar-refractivity contribution is 6.07. The number of urea groups is 1. The van der Waals surface area contributed by atoms with Crippen LogP contribution in [0.4, 0.5) is 4.79 Å². The molecule has 3 rings (SSSR count). The molecule has 7 heteroatoms. The molecule has 2 N–H and O–H groups in total. The summed E-state index contributed by atoms with van der Waals surface area (Å²) in [7, 11) is 1.58. The van der Waals surface area contributed by atoms with Gasteiger partial charge in [0.15, 0.2) is 0 Å². The monoisotopic (exact) mass is 362 g/mol. The number of amides is 3. The molecule has 0 bridgehead atoms. The van der Waals surface area contributed by atoms with Crippen LogP contribution in [-0.2, 0) is 4.79 Å². The molecule has 26 heavy (non-hydrogen) atoms. The Kier molecular flexibility index (Phi) is 5.66. The summed E-state index contributed by atoms with van der Waals surface area (Å²) in [6.07, 6.45) is 4.44. The predicted molar refractivity (Wildman–Crippen MR) is 95.2 cm³/mol. The van der Waals surface area contributed by atoms with Gasteiger partial charge in [0.2, 0.25) is 0 Å². The first-order chi connectivity index (χ1) is 12.5. The first kappa shape index (κ1) is 18.5. The molecule has 1 heterocycles. The maximum Gasteiger partial charge on any atom is 0.325 e. The second kappa shape index (κ2) is 7.95. The topological polar surface area (TPSA) is 88.1 Å². The summed E-state index contributed by atoms with van der Waals surface area (Å²) in [6, 6.07) is 6.57. The lowest BCUT2D eigenvalue weighted by Crippen LogP contribution is -2.47. The van der Waals surface area contributed by atoms with Crippen LogP contribution in [-0.4, -0.2) is 53.8 Å². The SMILES string of the molecule is COc1ccc(OCC(O)CN2C(=O)NC3(CCCCCC3)C2=O)cc1. The Morgan fingerprint density at radius 2 is 1.73 bits per heavy atom. The van der Waals surface area contributed by atoms with Gasteiger partial charge in [-0.05, 0) is 37.1 Å². The molecule has 1 atom stereocenters. The van der Waals surface area contributed by atoms with Gasteiger partial charge < -0.3 is 19.9 Å². The average Bonchev–Trinajstić information content (AvgIpc) is 2.82. The molecule has 1 saturated heterocycles. The van der Waals surface area contributed by atoms with Crippen molar-refractivity contribution in [3.05, 3.63) is 24.3 Å². The van der Waals surface area contributed by atoms with Crippen molar-refractivity contribution < 1.29 is 24.2 Å². The molecule has 2 fully saturated rings. The number of aliphatic hydroxyl groups excluding tert-OH is 1. The summed E-state index contributed by atoms with van der Waals surface area (Å²) in [5.41, 5.74) is -0.774. The minimum atomic E-state index is -0.951. The van der Waals surface area contributed by atoms with Crippen LogP contribution in [0.5, 0.6) is 11.5 Å².